The Morgan fingerprint density at radius 1 is 1.33 bits per heavy atom. The second kappa shape index (κ2) is 11.6. The predicted molar refractivity (Wildman–Crippen MR) is 114 cm³/mol. The molecule has 188 valence electrons. The van der Waals surface area contributed by atoms with Crippen LogP contribution in [0.15, 0.2) is 18.2 Å². The number of sulfonamides is 1. The van der Waals surface area contributed by atoms with E-state index in [0.717, 1.165) is 43.7 Å². The van der Waals surface area contributed by atoms with E-state index < -0.39 is 22.2 Å². The van der Waals surface area contributed by atoms with E-state index in [9.17, 15) is 21.6 Å². The number of rotatable bonds is 7. The van der Waals surface area contributed by atoms with Crippen LogP contribution in [0.5, 0.6) is 0 Å². The van der Waals surface area contributed by atoms with Gasteiger partial charge < -0.3 is 14.6 Å². The molecule has 1 spiro atoms. The van der Waals surface area contributed by atoms with E-state index in [2.05, 4.69) is 4.98 Å². The molecule has 0 aliphatic carbocycles. The molecule has 0 aromatic carbocycles. The second-order valence-electron chi connectivity index (χ2n) is 8.11. The first kappa shape index (κ1) is 27.5. The van der Waals surface area contributed by atoms with Gasteiger partial charge in [-0.05, 0) is 57.6 Å². The van der Waals surface area contributed by atoms with E-state index >= 15 is 0 Å². The minimum absolute atomic E-state index is 0.162. The Bertz CT molecular complexity index is 886. The molecule has 12 heteroatoms. The number of nitrogens with zero attached hydrogens (tertiary/aromatic N) is 2. The summed E-state index contributed by atoms with van der Waals surface area (Å²) in [7, 11) is -3.09. The highest BCUT2D eigenvalue weighted by Gasteiger charge is 2.47. The quantitative estimate of drug-likeness (QED) is 0.578. The number of aliphatic carboxylic acids is 1. The zero-order valence-electron chi connectivity index (χ0n) is 18.8. The fourth-order valence-corrected chi connectivity index (χ4v) is 5.26. The van der Waals surface area contributed by atoms with Crippen LogP contribution in [-0.2, 0) is 30.9 Å². The van der Waals surface area contributed by atoms with Gasteiger partial charge in [-0.25, -0.2) is 17.5 Å². The van der Waals surface area contributed by atoms with Crippen LogP contribution in [0.3, 0.4) is 0 Å². The van der Waals surface area contributed by atoms with Gasteiger partial charge in [-0.15, -0.1) is 0 Å². The van der Waals surface area contributed by atoms with Gasteiger partial charge in [0.15, 0.2) is 0 Å². The van der Waals surface area contributed by atoms with Crippen LogP contribution in [0, 0.1) is 12.8 Å². The molecule has 0 radical (unpaired) electrons. The normalized spacial score (nSPS) is 20.9. The Kier molecular flexibility index (Phi) is 9.65. The predicted octanol–water partition coefficient (Wildman–Crippen LogP) is 3.15. The first-order valence-corrected chi connectivity index (χ1v) is 12.4. The summed E-state index contributed by atoms with van der Waals surface area (Å²) in [6.45, 7) is 6.81. The van der Waals surface area contributed by atoms with E-state index in [1.54, 1.807) is 11.2 Å². The number of piperidine rings is 1. The summed E-state index contributed by atoms with van der Waals surface area (Å²) in [5.41, 5.74) is 1.80. The Morgan fingerprint density at radius 3 is 2.52 bits per heavy atom. The van der Waals surface area contributed by atoms with Crippen molar-refractivity contribution in [2.45, 2.75) is 57.9 Å². The molecule has 33 heavy (non-hydrogen) atoms. The summed E-state index contributed by atoms with van der Waals surface area (Å²) < 4.78 is 69.5. The van der Waals surface area contributed by atoms with Gasteiger partial charge in [-0.2, -0.15) is 13.2 Å². The fraction of sp³-hybridized carbons (Fsp3) is 0.714. The summed E-state index contributed by atoms with van der Waals surface area (Å²) in [6, 6.07) is 5.96. The number of pyridine rings is 1. The first-order chi connectivity index (χ1) is 15.4. The summed E-state index contributed by atoms with van der Waals surface area (Å²) in [5.74, 6) is -2.14. The van der Waals surface area contributed by atoms with Crippen molar-refractivity contribution in [3.8, 4) is 0 Å². The van der Waals surface area contributed by atoms with Crippen molar-refractivity contribution in [3.05, 3.63) is 29.6 Å². The van der Waals surface area contributed by atoms with Crippen molar-refractivity contribution >= 4 is 16.0 Å². The average molecular weight is 497 g/mol. The average Bonchev–Trinajstić information content (AvgIpc) is 3.13. The van der Waals surface area contributed by atoms with Crippen LogP contribution in [0.1, 0.15) is 44.0 Å². The molecule has 2 fully saturated rings. The van der Waals surface area contributed by atoms with E-state index in [1.807, 2.05) is 25.1 Å². The van der Waals surface area contributed by atoms with Crippen molar-refractivity contribution in [1.82, 2.24) is 9.29 Å². The number of aryl methyl sites for hydroxylation is 1. The Balaban J connectivity index is 0.000000479. The number of carbonyl (C=O) groups is 1. The number of hydrogen-bond donors (Lipinski definition) is 1. The van der Waals surface area contributed by atoms with Crippen molar-refractivity contribution in [2.24, 2.45) is 5.92 Å². The topological polar surface area (TPSA) is 106 Å². The number of alkyl halides is 3. The molecule has 0 amide bonds. The molecule has 0 bridgehead atoms. The lowest BCUT2D eigenvalue weighted by atomic mass is 9.78. The lowest BCUT2D eigenvalue weighted by Crippen LogP contribution is -2.49. The minimum atomic E-state index is -5.08. The molecule has 1 aromatic heterocycles. The highest BCUT2D eigenvalue weighted by molar-refractivity contribution is 7.89. The Labute approximate surface area is 192 Å². The summed E-state index contributed by atoms with van der Waals surface area (Å²) in [6.07, 6.45) is -1.52. The monoisotopic (exact) mass is 496 g/mol. The molecule has 3 heterocycles. The second-order valence-corrected chi connectivity index (χ2v) is 10.4. The maximum atomic E-state index is 12.1. The van der Waals surface area contributed by atoms with Crippen LogP contribution in [-0.4, -0.2) is 72.6 Å². The van der Waals surface area contributed by atoms with E-state index in [0.29, 0.717) is 32.2 Å². The van der Waals surface area contributed by atoms with E-state index in [-0.39, 0.29) is 11.4 Å². The van der Waals surface area contributed by atoms with E-state index in [4.69, 9.17) is 19.4 Å². The third kappa shape index (κ3) is 7.90. The van der Waals surface area contributed by atoms with Crippen LogP contribution >= 0.6 is 0 Å². The molecule has 1 aromatic rings. The minimum Gasteiger partial charge on any atom is -0.475 e. The lowest BCUT2D eigenvalue weighted by Gasteiger charge is -2.41. The van der Waals surface area contributed by atoms with Crippen molar-refractivity contribution in [1.29, 1.82) is 0 Å². The van der Waals surface area contributed by atoms with Gasteiger partial charge in [0.25, 0.3) is 0 Å². The summed E-state index contributed by atoms with van der Waals surface area (Å²) in [4.78, 5) is 13.3. The highest BCUT2D eigenvalue weighted by atomic mass is 32.2. The maximum absolute atomic E-state index is 12.1. The molecule has 1 atom stereocenters. The molecule has 2 aliphatic heterocycles. The number of hydrogen-bond acceptors (Lipinski definition) is 6. The van der Waals surface area contributed by atoms with Crippen LogP contribution < -0.4 is 0 Å². The van der Waals surface area contributed by atoms with E-state index in [1.165, 1.54) is 0 Å². The van der Waals surface area contributed by atoms with Crippen LogP contribution in [0.25, 0.3) is 0 Å². The van der Waals surface area contributed by atoms with Crippen molar-refractivity contribution < 1.29 is 41.0 Å². The SMILES string of the molecule is CCS(=O)(=O)N1CCC2(CC1)OCCC2CCOCc1cccc(C)n1.O=C(O)C(F)(F)F. The number of carboxylic acids is 1. The van der Waals surface area contributed by atoms with Crippen LogP contribution in [0.4, 0.5) is 13.2 Å². The number of halogens is 3. The molecular formula is C21H31F3N2O6S. The molecule has 2 aliphatic rings. The van der Waals surface area contributed by atoms with Gasteiger partial charge in [0.2, 0.25) is 10.0 Å². The molecule has 2 saturated heterocycles. The molecule has 3 rings (SSSR count). The van der Waals surface area contributed by atoms with Crippen molar-refractivity contribution in [2.75, 3.05) is 32.1 Å². The van der Waals surface area contributed by atoms with Gasteiger partial charge >= 0.3 is 12.1 Å². The molecule has 1 N–H and O–H groups in total. The zero-order chi connectivity index (χ0) is 24.7. The smallest absolute Gasteiger partial charge is 0.475 e. The van der Waals surface area contributed by atoms with Gasteiger partial charge in [-0.1, -0.05) is 6.07 Å². The third-order valence-electron chi connectivity index (χ3n) is 5.98. The Hall–Kier alpha value is -1.76. The summed E-state index contributed by atoms with van der Waals surface area (Å²) >= 11 is 0. The van der Waals surface area contributed by atoms with Crippen molar-refractivity contribution in [3.63, 3.8) is 0 Å². The maximum Gasteiger partial charge on any atom is 0.490 e. The molecule has 8 nitrogen and oxygen atoms in total. The fourth-order valence-electron chi connectivity index (χ4n) is 4.15. The van der Waals surface area contributed by atoms with Crippen LogP contribution in [0.2, 0.25) is 0 Å². The molecular weight excluding hydrogens is 465 g/mol. The van der Waals surface area contributed by atoms with Gasteiger partial charge in [0.1, 0.15) is 0 Å². The van der Waals surface area contributed by atoms with Gasteiger partial charge in [0.05, 0.1) is 23.7 Å². The Morgan fingerprint density at radius 2 is 1.97 bits per heavy atom. The number of ether oxygens (including phenoxy) is 2. The molecule has 0 saturated carbocycles. The first-order valence-electron chi connectivity index (χ1n) is 10.8. The third-order valence-corrected chi connectivity index (χ3v) is 7.86. The van der Waals surface area contributed by atoms with Gasteiger partial charge in [0, 0.05) is 32.0 Å². The summed E-state index contributed by atoms with van der Waals surface area (Å²) in [5, 5.41) is 7.12. The lowest BCUT2D eigenvalue weighted by molar-refractivity contribution is -0.192. The highest BCUT2D eigenvalue weighted by Crippen LogP contribution is 2.42. The number of carboxylic acid groups (broad SMARTS) is 1. The van der Waals surface area contributed by atoms with Gasteiger partial charge in [-0.3, -0.25) is 4.98 Å². The molecule has 1 unspecified atom stereocenters. The zero-order valence-corrected chi connectivity index (χ0v) is 19.6. The number of aromatic nitrogens is 1. The standard InChI is InChI=1S/C19H30N2O4S.C2HF3O2/c1-3-26(22,23)21-11-9-19(10-12-21)17(8-14-25-19)7-13-24-15-18-6-4-5-16(2)20-18;3-2(4,5)1(6)7/h4-6,17H,3,7-15H2,1-2H3;(H,6,7). The largest absolute Gasteiger partial charge is 0.490 e.